The van der Waals surface area contributed by atoms with Crippen LogP contribution in [0.2, 0.25) is 0 Å². The number of allylic oxidation sites excluding steroid dienone is 1. The molecular formula is C10H21N. The fraction of sp³-hybridized carbons (Fsp3) is 0.800. The Morgan fingerprint density at radius 3 is 2.55 bits per heavy atom. The third kappa shape index (κ3) is 9.70. The van der Waals surface area contributed by atoms with Crippen molar-refractivity contribution in [2.45, 2.75) is 33.6 Å². The van der Waals surface area contributed by atoms with Crippen LogP contribution >= 0.6 is 0 Å². The molecule has 0 saturated heterocycles. The average molecular weight is 155 g/mol. The minimum Gasteiger partial charge on any atom is -0.316 e. The molecule has 0 spiro atoms. The molecule has 0 aliphatic carbocycles. The molecule has 0 aromatic rings. The second-order valence-corrected chi connectivity index (χ2v) is 3.66. The van der Waals surface area contributed by atoms with E-state index in [1.807, 2.05) is 0 Å². The summed E-state index contributed by atoms with van der Waals surface area (Å²) in [6, 6.07) is 0. The SMILES string of the molecule is C=C(C)CCCNCC(C)C. The van der Waals surface area contributed by atoms with E-state index in [9.17, 15) is 0 Å². The van der Waals surface area contributed by atoms with Gasteiger partial charge in [0, 0.05) is 0 Å². The van der Waals surface area contributed by atoms with Crippen LogP contribution in [0.5, 0.6) is 0 Å². The van der Waals surface area contributed by atoms with Crippen molar-refractivity contribution in [3.8, 4) is 0 Å². The molecule has 0 atom stereocenters. The Morgan fingerprint density at radius 2 is 2.09 bits per heavy atom. The van der Waals surface area contributed by atoms with Crippen LogP contribution in [0, 0.1) is 5.92 Å². The Labute approximate surface area is 70.9 Å². The predicted molar refractivity (Wildman–Crippen MR) is 51.8 cm³/mol. The molecule has 0 heterocycles. The molecule has 0 fully saturated rings. The van der Waals surface area contributed by atoms with E-state index in [-0.39, 0.29) is 0 Å². The number of rotatable bonds is 6. The van der Waals surface area contributed by atoms with E-state index in [1.165, 1.54) is 12.0 Å². The zero-order chi connectivity index (χ0) is 8.69. The second-order valence-electron chi connectivity index (χ2n) is 3.66. The molecule has 11 heavy (non-hydrogen) atoms. The highest BCUT2D eigenvalue weighted by atomic mass is 14.8. The summed E-state index contributed by atoms with van der Waals surface area (Å²) in [5, 5.41) is 3.40. The van der Waals surface area contributed by atoms with Crippen molar-refractivity contribution < 1.29 is 0 Å². The Kier molecular flexibility index (Phi) is 6.24. The molecule has 1 N–H and O–H groups in total. The van der Waals surface area contributed by atoms with Gasteiger partial charge in [-0.3, -0.25) is 0 Å². The second kappa shape index (κ2) is 6.41. The Hall–Kier alpha value is -0.300. The first-order valence-electron chi connectivity index (χ1n) is 4.48. The van der Waals surface area contributed by atoms with Gasteiger partial charge in [-0.2, -0.15) is 0 Å². The molecule has 0 radical (unpaired) electrons. The molecule has 0 unspecified atom stereocenters. The summed E-state index contributed by atoms with van der Waals surface area (Å²) >= 11 is 0. The van der Waals surface area contributed by atoms with E-state index < -0.39 is 0 Å². The fourth-order valence-electron chi connectivity index (χ4n) is 0.906. The van der Waals surface area contributed by atoms with Crippen molar-refractivity contribution >= 4 is 0 Å². The lowest BCUT2D eigenvalue weighted by atomic mass is 10.2. The first kappa shape index (κ1) is 10.7. The van der Waals surface area contributed by atoms with E-state index >= 15 is 0 Å². The highest BCUT2D eigenvalue weighted by Gasteiger charge is 1.92. The summed E-state index contributed by atoms with van der Waals surface area (Å²) in [5.41, 5.74) is 1.29. The zero-order valence-electron chi connectivity index (χ0n) is 8.11. The van der Waals surface area contributed by atoms with E-state index in [0.717, 1.165) is 25.4 Å². The minimum atomic E-state index is 0.764. The largest absolute Gasteiger partial charge is 0.316 e. The Morgan fingerprint density at radius 1 is 1.45 bits per heavy atom. The molecular weight excluding hydrogens is 134 g/mol. The van der Waals surface area contributed by atoms with Crippen LogP contribution in [-0.2, 0) is 0 Å². The van der Waals surface area contributed by atoms with Gasteiger partial charge in [0.05, 0.1) is 0 Å². The fourth-order valence-corrected chi connectivity index (χ4v) is 0.906. The van der Waals surface area contributed by atoms with E-state index in [4.69, 9.17) is 0 Å². The van der Waals surface area contributed by atoms with Crippen LogP contribution in [0.15, 0.2) is 12.2 Å². The summed E-state index contributed by atoms with van der Waals surface area (Å²) in [7, 11) is 0. The maximum absolute atomic E-state index is 3.86. The minimum absolute atomic E-state index is 0.764. The van der Waals surface area contributed by atoms with E-state index in [2.05, 4.69) is 32.7 Å². The van der Waals surface area contributed by atoms with Gasteiger partial charge in [-0.1, -0.05) is 19.4 Å². The summed E-state index contributed by atoms with van der Waals surface area (Å²) in [6.45, 7) is 12.7. The van der Waals surface area contributed by atoms with Crippen LogP contribution in [0.1, 0.15) is 33.6 Å². The van der Waals surface area contributed by atoms with Crippen molar-refractivity contribution in [3.63, 3.8) is 0 Å². The van der Waals surface area contributed by atoms with Crippen molar-refractivity contribution in [2.24, 2.45) is 5.92 Å². The van der Waals surface area contributed by atoms with Crippen LogP contribution in [0.4, 0.5) is 0 Å². The van der Waals surface area contributed by atoms with Gasteiger partial charge in [0.1, 0.15) is 0 Å². The molecule has 0 aliphatic heterocycles. The van der Waals surface area contributed by atoms with Crippen LogP contribution in [0.3, 0.4) is 0 Å². The predicted octanol–water partition coefficient (Wildman–Crippen LogP) is 2.59. The molecule has 0 aliphatic rings. The number of hydrogen-bond acceptors (Lipinski definition) is 1. The lowest BCUT2D eigenvalue weighted by Crippen LogP contribution is -2.20. The van der Waals surface area contributed by atoms with Gasteiger partial charge in [0.15, 0.2) is 0 Å². The molecule has 1 heteroatoms. The van der Waals surface area contributed by atoms with Gasteiger partial charge in [-0.05, 0) is 38.8 Å². The molecule has 0 bridgehead atoms. The van der Waals surface area contributed by atoms with Gasteiger partial charge in [0.25, 0.3) is 0 Å². The van der Waals surface area contributed by atoms with Crippen molar-refractivity contribution in [3.05, 3.63) is 12.2 Å². The summed E-state index contributed by atoms with van der Waals surface area (Å²) in [4.78, 5) is 0. The Balaban J connectivity index is 2.97. The summed E-state index contributed by atoms with van der Waals surface area (Å²) < 4.78 is 0. The zero-order valence-corrected chi connectivity index (χ0v) is 8.11. The van der Waals surface area contributed by atoms with Crippen LogP contribution in [0.25, 0.3) is 0 Å². The molecule has 0 saturated carbocycles. The van der Waals surface area contributed by atoms with Crippen molar-refractivity contribution in [1.82, 2.24) is 5.32 Å². The van der Waals surface area contributed by atoms with Crippen molar-refractivity contribution in [2.75, 3.05) is 13.1 Å². The summed E-state index contributed by atoms with van der Waals surface area (Å²) in [6.07, 6.45) is 2.38. The van der Waals surface area contributed by atoms with E-state index in [0.29, 0.717) is 0 Å². The highest BCUT2D eigenvalue weighted by molar-refractivity contribution is 4.87. The Bertz CT molecular complexity index is 105. The lowest BCUT2D eigenvalue weighted by Gasteiger charge is -2.06. The quantitative estimate of drug-likeness (QED) is 0.459. The number of hydrogen-bond donors (Lipinski definition) is 1. The smallest absolute Gasteiger partial charge is 0.00258 e. The molecule has 1 nitrogen and oxygen atoms in total. The third-order valence-corrected chi connectivity index (χ3v) is 1.51. The van der Waals surface area contributed by atoms with Crippen molar-refractivity contribution in [1.29, 1.82) is 0 Å². The third-order valence-electron chi connectivity index (χ3n) is 1.51. The van der Waals surface area contributed by atoms with E-state index in [1.54, 1.807) is 0 Å². The standard InChI is InChI=1S/C10H21N/c1-9(2)6-5-7-11-8-10(3)4/h10-11H,1,5-8H2,2-4H3. The van der Waals surface area contributed by atoms with Gasteiger partial charge in [0.2, 0.25) is 0 Å². The van der Waals surface area contributed by atoms with Crippen LogP contribution in [-0.4, -0.2) is 13.1 Å². The highest BCUT2D eigenvalue weighted by Crippen LogP contribution is 1.98. The monoisotopic (exact) mass is 155 g/mol. The van der Waals surface area contributed by atoms with Gasteiger partial charge < -0.3 is 5.32 Å². The van der Waals surface area contributed by atoms with Gasteiger partial charge >= 0.3 is 0 Å². The molecule has 0 amide bonds. The van der Waals surface area contributed by atoms with Crippen LogP contribution < -0.4 is 5.32 Å². The first-order chi connectivity index (χ1) is 5.13. The lowest BCUT2D eigenvalue weighted by molar-refractivity contribution is 0.543. The average Bonchev–Trinajstić information content (AvgIpc) is 1.85. The topological polar surface area (TPSA) is 12.0 Å². The normalized spacial score (nSPS) is 10.5. The maximum atomic E-state index is 3.86. The molecule has 66 valence electrons. The molecule has 0 aromatic heterocycles. The maximum Gasteiger partial charge on any atom is -0.00258 e. The van der Waals surface area contributed by atoms with Gasteiger partial charge in [-0.25, -0.2) is 0 Å². The molecule has 0 rings (SSSR count). The molecule has 0 aromatic carbocycles. The summed E-state index contributed by atoms with van der Waals surface area (Å²) in [5.74, 6) is 0.764. The first-order valence-corrected chi connectivity index (χ1v) is 4.48. The van der Waals surface area contributed by atoms with Gasteiger partial charge in [-0.15, -0.1) is 6.58 Å². The number of nitrogens with one attached hydrogen (secondary N) is 1.